The van der Waals surface area contributed by atoms with Crippen molar-refractivity contribution in [2.75, 3.05) is 0 Å². The maximum atomic E-state index is 16.1. The van der Waals surface area contributed by atoms with Crippen LogP contribution in [0, 0.1) is 83.1 Å². The first kappa shape index (κ1) is 31.1. The second-order valence-corrected chi connectivity index (χ2v) is 12.9. The van der Waals surface area contributed by atoms with Crippen LogP contribution in [-0.4, -0.2) is 31.4 Å². The molecule has 0 aromatic heterocycles. The molecule has 0 bridgehead atoms. The van der Waals surface area contributed by atoms with Gasteiger partial charge in [0.25, 0.3) is 0 Å². The van der Waals surface area contributed by atoms with Gasteiger partial charge in [-0.3, -0.25) is 0 Å². The molecule has 0 amide bonds. The second-order valence-electron chi connectivity index (χ2n) is 10.1. The van der Waals surface area contributed by atoms with Crippen molar-refractivity contribution in [3.8, 4) is 0 Å². The van der Waals surface area contributed by atoms with Gasteiger partial charge in [-0.1, -0.05) is 33.8 Å². The molecule has 0 saturated heterocycles. The SMILES string of the molecule is Cc1cc(C)c(C)c([Si]([O-])(c2c(C)c(C)cc(C)c2C)c2c(C)c(C)cc(C)c2C)c1C.[Br-].[Mg+2]. The van der Waals surface area contributed by atoms with E-state index >= 15 is 4.80 Å². The molecule has 0 aliphatic heterocycles. The molecular formula is C30H39BrMgOSi. The maximum absolute atomic E-state index is 16.1. The van der Waals surface area contributed by atoms with Crippen molar-refractivity contribution >= 4 is 46.9 Å². The molecule has 3 aromatic rings. The van der Waals surface area contributed by atoms with E-state index in [9.17, 15) is 0 Å². The summed E-state index contributed by atoms with van der Waals surface area (Å²) in [4.78, 5) is 16.1. The Kier molecular flexibility index (Phi) is 10.1. The predicted molar refractivity (Wildman–Crippen MR) is 147 cm³/mol. The Bertz CT molecular complexity index is 1030. The van der Waals surface area contributed by atoms with Crippen molar-refractivity contribution in [3.63, 3.8) is 0 Å². The van der Waals surface area contributed by atoms with Gasteiger partial charge in [0.2, 0.25) is 0 Å². The second kappa shape index (κ2) is 11.0. The van der Waals surface area contributed by atoms with Crippen molar-refractivity contribution in [3.05, 3.63) is 85.0 Å². The Morgan fingerprint density at radius 2 is 0.559 bits per heavy atom. The van der Waals surface area contributed by atoms with Gasteiger partial charge < -0.3 is 21.8 Å². The molecule has 34 heavy (non-hydrogen) atoms. The van der Waals surface area contributed by atoms with Crippen LogP contribution in [0.4, 0.5) is 0 Å². The quantitative estimate of drug-likeness (QED) is 0.359. The molecule has 1 nitrogen and oxygen atoms in total. The third-order valence-electron chi connectivity index (χ3n) is 8.15. The monoisotopic (exact) mass is 546 g/mol. The van der Waals surface area contributed by atoms with Crippen molar-refractivity contribution < 1.29 is 21.8 Å². The topological polar surface area (TPSA) is 23.1 Å². The summed E-state index contributed by atoms with van der Waals surface area (Å²) < 4.78 is 0. The fourth-order valence-corrected chi connectivity index (χ4v) is 10.7. The number of rotatable bonds is 3. The summed E-state index contributed by atoms with van der Waals surface area (Å²) in [6.07, 6.45) is 0. The largest absolute Gasteiger partial charge is 2.00 e. The molecule has 0 atom stereocenters. The molecule has 0 spiro atoms. The van der Waals surface area contributed by atoms with Gasteiger partial charge in [0.05, 0.1) is 8.32 Å². The molecule has 178 valence electrons. The zero-order chi connectivity index (χ0) is 24.3. The minimum atomic E-state index is -3.58. The number of halogens is 1. The van der Waals surface area contributed by atoms with Crippen LogP contribution in [0.3, 0.4) is 0 Å². The van der Waals surface area contributed by atoms with E-state index in [0.29, 0.717) is 0 Å². The summed E-state index contributed by atoms with van der Waals surface area (Å²) in [5.74, 6) is 0. The maximum Gasteiger partial charge on any atom is 2.00 e. The molecule has 0 heterocycles. The standard InChI is InChI=1S/C30H39OSi.BrH.Mg/c1-16-13-17(2)23(8)28(22(16)7)32(31,29-24(9)18(3)14-19(4)25(29)10)30-26(11)20(5)15-21(6)27(30)12;;/h13-15H,1-12H3;1H;/q-1;;+2/p-1. The van der Waals surface area contributed by atoms with E-state index in [2.05, 4.69) is 101 Å². The van der Waals surface area contributed by atoms with E-state index in [1.807, 2.05) is 0 Å². The zero-order valence-electron chi connectivity index (χ0n) is 23.2. The fourth-order valence-electron chi connectivity index (χ4n) is 5.61. The van der Waals surface area contributed by atoms with Gasteiger partial charge in [0.15, 0.2) is 0 Å². The number of aryl methyl sites for hydroxylation is 6. The van der Waals surface area contributed by atoms with Crippen molar-refractivity contribution in [2.24, 2.45) is 0 Å². The Labute approximate surface area is 235 Å². The van der Waals surface area contributed by atoms with Crippen LogP contribution in [0.15, 0.2) is 18.2 Å². The third kappa shape index (κ3) is 4.73. The van der Waals surface area contributed by atoms with E-state index < -0.39 is 8.32 Å². The van der Waals surface area contributed by atoms with Crippen LogP contribution in [0.25, 0.3) is 0 Å². The summed E-state index contributed by atoms with van der Waals surface area (Å²) in [5, 5.41) is 3.22. The summed E-state index contributed by atoms with van der Waals surface area (Å²) in [6, 6.07) is 6.72. The van der Waals surface area contributed by atoms with Crippen LogP contribution >= 0.6 is 0 Å². The van der Waals surface area contributed by atoms with E-state index in [-0.39, 0.29) is 40.0 Å². The number of benzene rings is 3. The molecule has 3 rings (SSSR count). The van der Waals surface area contributed by atoms with Gasteiger partial charge in [-0.05, 0) is 150 Å². The fraction of sp³-hybridized carbons (Fsp3) is 0.400. The predicted octanol–water partition coefficient (Wildman–Crippen LogP) is 1.34. The first-order valence-electron chi connectivity index (χ1n) is 11.7. The Morgan fingerprint density at radius 1 is 0.412 bits per heavy atom. The summed E-state index contributed by atoms with van der Waals surface area (Å²) >= 11 is 0. The molecular weight excluding hydrogens is 509 g/mol. The van der Waals surface area contributed by atoms with E-state index in [1.165, 1.54) is 66.8 Å². The Hall–Kier alpha value is -0.917. The van der Waals surface area contributed by atoms with E-state index in [4.69, 9.17) is 0 Å². The van der Waals surface area contributed by atoms with Crippen LogP contribution in [0.1, 0.15) is 66.8 Å². The minimum absolute atomic E-state index is 0. The third-order valence-corrected chi connectivity index (χ3v) is 12.5. The Balaban J connectivity index is 0.00000289. The van der Waals surface area contributed by atoms with Crippen LogP contribution in [-0.2, 0) is 0 Å². The normalized spacial score (nSPS) is 11.2. The summed E-state index contributed by atoms with van der Waals surface area (Å²) in [5.41, 5.74) is 14.3. The van der Waals surface area contributed by atoms with Crippen LogP contribution in [0.2, 0.25) is 0 Å². The molecule has 0 radical (unpaired) electrons. The molecule has 0 fully saturated rings. The van der Waals surface area contributed by atoms with Crippen molar-refractivity contribution in [1.29, 1.82) is 0 Å². The van der Waals surface area contributed by atoms with Gasteiger partial charge in [-0.25, -0.2) is 0 Å². The van der Waals surface area contributed by atoms with Gasteiger partial charge in [0.1, 0.15) is 0 Å². The smallest absolute Gasteiger partial charge is 1.00 e. The molecule has 0 saturated carbocycles. The average Bonchev–Trinajstić information content (AvgIpc) is 2.70. The van der Waals surface area contributed by atoms with Crippen molar-refractivity contribution in [2.45, 2.75) is 83.1 Å². The molecule has 0 unspecified atom stereocenters. The van der Waals surface area contributed by atoms with Crippen LogP contribution in [0.5, 0.6) is 0 Å². The van der Waals surface area contributed by atoms with Gasteiger partial charge >= 0.3 is 23.1 Å². The summed E-state index contributed by atoms with van der Waals surface area (Å²) in [6.45, 7) is 25.9. The van der Waals surface area contributed by atoms with E-state index in [0.717, 1.165) is 15.6 Å². The number of hydrogen-bond donors (Lipinski definition) is 0. The first-order chi connectivity index (χ1) is 14.7. The molecule has 0 N–H and O–H groups in total. The van der Waals surface area contributed by atoms with Gasteiger partial charge in [-0.15, -0.1) is 0 Å². The summed E-state index contributed by atoms with van der Waals surface area (Å²) in [7, 11) is -3.58. The molecule has 3 aromatic carbocycles. The minimum Gasteiger partial charge on any atom is -1.00 e. The molecule has 0 aliphatic carbocycles. The molecule has 0 aliphatic rings. The first-order valence-corrected chi connectivity index (χ1v) is 13.6. The van der Waals surface area contributed by atoms with Gasteiger partial charge in [0, 0.05) is 0 Å². The zero-order valence-corrected chi connectivity index (χ0v) is 27.2. The van der Waals surface area contributed by atoms with Crippen LogP contribution < -0.4 is 37.3 Å². The number of hydrogen-bond acceptors (Lipinski definition) is 1. The molecule has 4 heteroatoms. The van der Waals surface area contributed by atoms with E-state index in [1.54, 1.807) is 0 Å². The van der Waals surface area contributed by atoms with Crippen molar-refractivity contribution in [1.82, 2.24) is 0 Å². The Morgan fingerprint density at radius 3 is 0.706 bits per heavy atom. The van der Waals surface area contributed by atoms with Gasteiger partial charge in [-0.2, -0.15) is 0 Å². The average molecular weight is 548 g/mol.